The van der Waals surface area contributed by atoms with E-state index in [9.17, 15) is 0 Å². The van der Waals surface area contributed by atoms with Crippen LogP contribution in [-0.4, -0.2) is 11.5 Å². The molecule has 3 rings (SSSR count). The Bertz CT molecular complexity index is 415. The summed E-state index contributed by atoms with van der Waals surface area (Å²) in [5.41, 5.74) is 1.62. The predicted molar refractivity (Wildman–Crippen MR) is 86.4 cm³/mol. The Labute approximate surface area is 127 Å². The van der Waals surface area contributed by atoms with Crippen LogP contribution in [0.3, 0.4) is 0 Å². The lowest BCUT2D eigenvalue weighted by atomic mass is 9.77. The van der Waals surface area contributed by atoms with E-state index in [1.165, 1.54) is 68.5 Å². The SMILES string of the molecule is CCCNC1(c2nc3c(s2)CCCC3)CCC(C)CC1. The molecule has 0 saturated heterocycles. The third-order valence-corrected chi connectivity index (χ3v) is 6.46. The van der Waals surface area contributed by atoms with Gasteiger partial charge in [0.15, 0.2) is 0 Å². The first-order valence-corrected chi connectivity index (χ1v) is 9.29. The minimum Gasteiger partial charge on any atom is -0.305 e. The highest BCUT2D eigenvalue weighted by Gasteiger charge is 2.38. The average molecular weight is 292 g/mol. The molecule has 1 saturated carbocycles. The van der Waals surface area contributed by atoms with E-state index >= 15 is 0 Å². The Hall–Kier alpha value is -0.410. The molecule has 1 fully saturated rings. The highest BCUT2D eigenvalue weighted by atomic mass is 32.1. The lowest BCUT2D eigenvalue weighted by Gasteiger charge is -2.39. The van der Waals surface area contributed by atoms with Crippen LogP contribution in [0.25, 0.3) is 0 Å². The van der Waals surface area contributed by atoms with E-state index < -0.39 is 0 Å². The van der Waals surface area contributed by atoms with E-state index in [1.807, 2.05) is 11.3 Å². The van der Waals surface area contributed by atoms with Crippen molar-refractivity contribution in [3.63, 3.8) is 0 Å². The van der Waals surface area contributed by atoms with Gasteiger partial charge in [-0.1, -0.05) is 13.8 Å². The van der Waals surface area contributed by atoms with Crippen LogP contribution in [0.1, 0.15) is 74.4 Å². The van der Waals surface area contributed by atoms with Gasteiger partial charge >= 0.3 is 0 Å². The molecule has 1 aromatic heterocycles. The van der Waals surface area contributed by atoms with Crippen molar-refractivity contribution in [2.24, 2.45) is 5.92 Å². The molecule has 112 valence electrons. The summed E-state index contributed by atoms with van der Waals surface area (Å²) in [4.78, 5) is 6.67. The third kappa shape index (κ3) is 2.80. The number of aryl methyl sites for hydroxylation is 2. The fraction of sp³-hybridized carbons (Fsp3) is 0.824. The normalized spacial score (nSPS) is 30.2. The highest BCUT2D eigenvalue weighted by molar-refractivity contribution is 7.11. The number of hydrogen-bond acceptors (Lipinski definition) is 3. The Morgan fingerprint density at radius 1 is 1.25 bits per heavy atom. The Morgan fingerprint density at radius 3 is 2.70 bits per heavy atom. The third-order valence-electron chi connectivity index (χ3n) is 5.10. The molecule has 1 heterocycles. The van der Waals surface area contributed by atoms with Gasteiger partial charge in [-0.2, -0.15) is 0 Å². The van der Waals surface area contributed by atoms with Crippen molar-refractivity contribution in [2.45, 2.75) is 77.2 Å². The van der Waals surface area contributed by atoms with Gasteiger partial charge in [-0.05, 0) is 70.3 Å². The van der Waals surface area contributed by atoms with Gasteiger partial charge in [0.2, 0.25) is 0 Å². The molecule has 0 aliphatic heterocycles. The summed E-state index contributed by atoms with van der Waals surface area (Å²) in [6.45, 7) is 5.79. The molecule has 1 N–H and O–H groups in total. The topological polar surface area (TPSA) is 24.9 Å². The molecule has 0 amide bonds. The quantitative estimate of drug-likeness (QED) is 0.888. The Kier molecular flexibility index (Phi) is 4.46. The molecule has 3 heteroatoms. The summed E-state index contributed by atoms with van der Waals surface area (Å²) < 4.78 is 0. The zero-order valence-electron chi connectivity index (χ0n) is 13.0. The standard InChI is InChI=1S/C17H28N2S/c1-3-12-18-17(10-8-13(2)9-11-17)16-19-14-6-4-5-7-15(14)20-16/h13,18H,3-12H2,1-2H3. The van der Waals surface area contributed by atoms with Gasteiger partial charge in [0.1, 0.15) is 5.01 Å². The Morgan fingerprint density at radius 2 is 2.00 bits per heavy atom. The van der Waals surface area contributed by atoms with E-state index in [1.54, 1.807) is 4.88 Å². The minimum atomic E-state index is 0.199. The number of hydrogen-bond donors (Lipinski definition) is 1. The zero-order chi connectivity index (χ0) is 14.0. The molecule has 0 aromatic carbocycles. The molecular formula is C17H28N2S. The summed E-state index contributed by atoms with van der Waals surface area (Å²) in [6.07, 6.45) is 11.6. The van der Waals surface area contributed by atoms with Crippen molar-refractivity contribution >= 4 is 11.3 Å². The predicted octanol–water partition coefficient (Wildman–Crippen LogP) is 4.43. The van der Waals surface area contributed by atoms with E-state index in [-0.39, 0.29) is 5.54 Å². The van der Waals surface area contributed by atoms with Crippen LogP contribution in [0.5, 0.6) is 0 Å². The van der Waals surface area contributed by atoms with Crippen molar-refractivity contribution in [1.82, 2.24) is 10.3 Å². The van der Waals surface area contributed by atoms with Gasteiger partial charge in [-0.25, -0.2) is 4.98 Å². The fourth-order valence-corrected chi connectivity index (χ4v) is 5.01. The van der Waals surface area contributed by atoms with Crippen LogP contribution in [0.4, 0.5) is 0 Å². The number of aromatic nitrogens is 1. The largest absolute Gasteiger partial charge is 0.305 e. The van der Waals surface area contributed by atoms with E-state index in [0.29, 0.717) is 0 Å². The summed E-state index contributed by atoms with van der Waals surface area (Å²) in [5.74, 6) is 0.890. The Balaban J connectivity index is 1.86. The molecule has 2 aliphatic rings. The maximum Gasteiger partial charge on any atom is 0.113 e. The van der Waals surface area contributed by atoms with Gasteiger partial charge in [-0.15, -0.1) is 11.3 Å². The first-order chi connectivity index (χ1) is 9.73. The number of fused-ring (bicyclic) bond motifs is 1. The van der Waals surface area contributed by atoms with Gasteiger partial charge in [0.05, 0.1) is 11.2 Å². The number of nitrogens with zero attached hydrogens (tertiary/aromatic N) is 1. The van der Waals surface area contributed by atoms with E-state index in [2.05, 4.69) is 19.2 Å². The smallest absolute Gasteiger partial charge is 0.113 e. The summed E-state index contributed by atoms with van der Waals surface area (Å²) in [5, 5.41) is 5.29. The van der Waals surface area contributed by atoms with Crippen LogP contribution in [0, 0.1) is 5.92 Å². The molecule has 2 aliphatic carbocycles. The van der Waals surface area contributed by atoms with Crippen LogP contribution < -0.4 is 5.32 Å². The lowest BCUT2D eigenvalue weighted by molar-refractivity contribution is 0.196. The van der Waals surface area contributed by atoms with Crippen molar-refractivity contribution < 1.29 is 0 Å². The highest BCUT2D eigenvalue weighted by Crippen LogP contribution is 2.42. The van der Waals surface area contributed by atoms with Gasteiger partial charge in [-0.3, -0.25) is 0 Å². The summed E-state index contributed by atoms with van der Waals surface area (Å²) >= 11 is 2.02. The minimum absolute atomic E-state index is 0.199. The molecule has 0 spiro atoms. The monoisotopic (exact) mass is 292 g/mol. The maximum absolute atomic E-state index is 5.08. The van der Waals surface area contributed by atoms with Crippen molar-refractivity contribution in [2.75, 3.05) is 6.54 Å². The van der Waals surface area contributed by atoms with Crippen molar-refractivity contribution in [3.05, 3.63) is 15.6 Å². The molecule has 0 radical (unpaired) electrons. The molecule has 0 bridgehead atoms. The van der Waals surface area contributed by atoms with Gasteiger partial charge in [0, 0.05) is 4.88 Å². The number of rotatable bonds is 4. The van der Waals surface area contributed by atoms with Crippen molar-refractivity contribution in [3.8, 4) is 0 Å². The number of nitrogens with one attached hydrogen (secondary N) is 1. The van der Waals surface area contributed by atoms with Crippen LogP contribution in [0.15, 0.2) is 0 Å². The van der Waals surface area contributed by atoms with Gasteiger partial charge in [0.25, 0.3) is 0 Å². The van der Waals surface area contributed by atoms with E-state index in [0.717, 1.165) is 12.5 Å². The molecular weight excluding hydrogens is 264 g/mol. The second kappa shape index (κ2) is 6.15. The zero-order valence-corrected chi connectivity index (χ0v) is 13.8. The summed E-state index contributed by atoms with van der Waals surface area (Å²) in [6, 6.07) is 0. The molecule has 20 heavy (non-hydrogen) atoms. The molecule has 0 atom stereocenters. The van der Waals surface area contributed by atoms with Crippen LogP contribution >= 0.6 is 11.3 Å². The summed E-state index contributed by atoms with van der Waals surface area (Å²) in [7, 11) is 0. The molecule has 2 nitrogen and oxygen atoms in total. The molecule has 0 unspecified atom stereocenters. The first kappa shape index (κ1) is 14.5. The maximum atomic E-state index is 5.08. The number of thiazole rings is 1. The van der Waals surface area contributed by atoms with E-state index in [4.69, 9.17) is 4.98 Å². The fourth-order valence-electron chi connectivity index (χ4n) is 3.64. The second-order valence-corrected chi connectivity index (χ2v) is 7.87. The van der Waals surface area contributed by atoms with Crippen molar-refractivity contribution in [1.29, 1.82) is 0 Å². The first-order valence-electron chi connectivity index (χ1n) is 8.47. The lowest BCUT2D eigenvalue weighted by Crippen LogP contribution is -2.45. The average Bonchev–Trinajstić information content (AvgIpc) is 2.91. The second-order valence-electron chi connectivity index (χ2n) is 6.79. The van der Waals surface area contributed by atoms with Crippen LogP contribution in [-0.2, 0) is 18.4 Å². The van der Waals surface area contributed by atoms with Crippen LogP contribution in [0.2, 0.25) is 0 Å². The van der Waals surface area contributed by atoms with Gasteiger partial charge < -0.3 is 5.32 Å². The molecule has 1 aromatic rings.